The van der Waals surface area contributed by atoms with E-state index in [-0.39, 0.29) is 5.75 Å². The topological polar surface area (TPSA) is 29.5 Å². The Labute approximate surface area is 127 Å². The molecule has 0 unspecified atom stereocenters. The number of benzene rings is 2. The molecule has 0 bridgehead atoms. The molecule has 2 aromatic rings. The van der Waals surface area contributed by atoms with Gasteiger partial charge in [-0.05, 0) is 47.1 Å². The smallest absolute Gasteiger partial charge is 0.168 e. The van der Waals surface area contributed by atoms with Crippen molar-refractivity contribution in [2.75, 3.05) is 0 Å². The normalized spacial score (nSPS) is 12.3. The molecule has 0 aliphatic carbocycles. The average Bonchev–Trinajstić information content (AvgIpc) is 2.34. The Balaban J connectivity index is 2.43. The predicted molar refractivity (Wildman–Crippen MR) is 78.9 cm³/mol. The number of ether oxygens (including phenoxy) is 1. The molecular formula is C14H11Br2FO2. The molecule has 2 nitrogen and oxygen atoms in total. The van der Waals surface area contributed by atoms with Gasteiger partial charge in [-0.2, -0.15) is 0 Å². The van der Waals surface area contributed by atoms with Gasteiger partial charge >= 0.3 is 0 Å². The summed E-state index contributed by atoms with van der Waals surface area (Å²) < 4.78 is 21.0. The van der Waals surface area contributed by atoms with Crippen molar-refractivity contribution >= 4 is 31.9 Å². The van der Waals surface area contributed by atoms with Gasteiger partial charge in [0.2, 0.25) is 0 Å². The Morgan fingerprint density at radius 2 is 1.95 bits per heavy atom. The van der Waals surface area contributed by atoms with Crippen LogP contribution in [0.4, 0.5) is 4.39 Å². The SMILES string of the molecule is C[C@H](O)c1cccc(F)c1Oc1ccc(Br)cc1Br. The van der Waals surface area contributed by atoms with Crippen LogP contribution in [0.15, 0.2) is 45.3 Å². The zero-order chi connectivity index (χ0) is 14.0. The molecule has 1 N–H and O–H groups in total. The summed E-state index contributed by atoms with van der Waals surface area (Å²) in [6, 6.07) is 9.79. The highest BCUT2D eigenvalue weighted by Gasteiger charge is 2.15. The van der Waals surface area contributed by atoms with Crippen LogP contribution in [-0.4, -0.2) is 5.11 Å². The fraction of sp³-hybridized carbons (Fsp3) is 0.143. The molecule has 0 aliphatic rings. The van der Waals surface area contributed by atoms with Crippen LogP contribution in [-0.2, 0) is 0 Å². The molecule has 0 heterocycles. The first-order valence-corrected chi connectivity index (χ1v) is 7.17. The fourth-order valence-electron chi connectivity index (χ4n) is 1.63. The fourth-order valence-corrected chi connectivity index (χ4v) is 2.76. The molecule has 2 aromatic carbocycles. The van der Waals surface area contributed by atoms with Crippen molar-refractivity contribution < 1.29 is 14.2 Å². The largest absolute Gasteiger partial charge is 0.453 e. The standard InChI is InChI=1S/C14H11Br2FO2/c1-8(18)10-3-2-4-12(17)14(10)19-13-6-5-9(15)7-11(13)16/h2-8,18H,1H3/t8-/m0/s1. The van der Waals surface area contributed by atoms with E-state index in [4.69, 9.17) is 4.74 Å². The lowest BCUT2D eigenvalue weighted by atomic mass is 10.1. The highest BCUT2D eigenvalue weighted by molar-refractivity contribution is 9.11. The Hall–Kier alpha value is -0.910. The van der Waals surface area contributed by atoms with Crippen molar-refractivity contribution in [3.63, 3.8) is 0 Å². The molecule has 0 saturated carbocycles. The van der Waals surface area contributed by atoms with Crippen LogP contribution in [0.3, 0.4) is 0 Å². The molecule has 0 aromatic heterocycles. The van der Waals surface area contributed by atoms with Gasteiger partial charge in [-0.15, -0.1) is 0 Å². The molecular weight excluding hydrogens is 379 g/mol. The summed E-state index contributed by atoms with van der Waals surface area (Å²) in [5.74, 6) is 0.0175. The number of aliphatic hydroxyl groups is 1. The van der Waals surface area contributed by atoms with E-state index in [0.717, 1.165) is 4.47 Å². The summed E-state index contributed by atoms with van der Waals surface area (Å²) in [7, 11) is 0. The first-order chi connectivity index (χ1) is 8.99. The molecule has 0 amide bonds. The van der Waals surface area contributed by atoms with E-state index in [9.17, 15) is 9.50 Å². The molecule has 0 fully saturated rings. The Morgan fingerprint density at radius 3 is 2.58 bits per heavy atom. The van der Waals surface area contributed by atoms with Crippen LogP contribution in [0.2, 0.25) is 0 Å². The first-order valence-electron chi connectivity index (χ1n) is 5.58. The van der Waals surface area contributed by atoms with Crippen molar-refractivity contribution in [1.29, 1.82) is 0 Å². The monoisotopic (exact) mass is 388 g/mol. The maximum atomic E-state index is 13.8. The molecule has 0 aliphatic heterocycles. The lowest BCUT2D eigenvalue weighted by molar-refractivity contribution is 0.194. The van der Waals surface area contributed by atoms with Gasteiger partial charge in [0.25, 0.3) is 0 Å². The molecule has 0 saturated heterocycles. The van der Waals surface area contributed by atoms with E-state index in [1.54, 1.807) is 37.3 Å². The Bertz CT molecular complexity index is 600. The number of hydrogen-bond acceptors (Lipinski definition) is 2. The lowest BCUT2D eigenvalue weighted by Crippen LogP contribution is -1.99. The van der Waals surface area contributed by atoms with Gasteiger partial charge in [-0.25, -0.2) is 4.39 Å². The number of halogens is 3. The van der Waals surface area contributed by atoms with Crippen LogP contribution < -0.4 is 4.74 Å². The first kappa shape index (κ1) is 14.5. The van der Waals surface area contributed by atoms with Gasteiger partial charge < -0.3 is 9.84 Å². The highest BCUT2D eigenvalue weighted by atomic mass is 79.9. The molecule has 19 heavy (non-hydrogen) atoms. The van der Waals surface area contributed by atoms with Crippen molar-refractivity contribution in [2.45, 2.75) is 13.0 Å². The molecule has 0 spiro atoms. The summed E-state index contributed by atoms with van der Waals surface area (Å²) in [5, 5.41) is 9.65. The molecule has 2 rings (SSSR count). The highest BCUT2D eigenvalue weighted by Crippen LogP contribution is 2.36. The van der Waals surface area contributed by atoms with Crippen molar-refractivity contribution in [1.82, 2.24) is 0 Å². The van der Waals surface area contributed by atoms with Gasteiger partial charge in [0.1, 0.15) is 5.75 Å². The summed E-state index contributed by atoms with van der Waals surface area (Å²) in [4.78, 5) is 0. The Morgan fingerprint density at radius 1 is 1.21 bits per heavy atom. The molecule has 5 heteroatoms. The van der Waals surface area contributed by atoms with Crippen LogP contribution in [0.5, 0.6) is 11.5 Å². The van der Waals surface area contributed by atoms with Crippen LogP contribution in [0.1, 0.15) is 18.6 Å². The molecule has 0 radical (unpaired) electrons. The Kier molecular flexibility index (Phi) is 4.60. The van der Waals surface area contributed by atoms with Crippen LogP contribution in [0.25, 0.3) is 0 Å². The second-order valence-corrected chi connectivity index (χ2v) is 5.78. The maximum absolute atomic E-state index is 13.8. The zero-order valence-electron chi connectivity index (χ0n) is 10.0. The minimum atomic E-state index is -0.806. The van der Waals surface area contributed by atoms with E-state index >= 15 is 0 Å². The van der Waals surface area contributed by atoms with Gasteiger partial charge in [-0.1, -0.05) is 28.1 Å². The lowest BCUT2D eigenvalue weighted by Gasteiger charge is -2.14. The van der Waals surface area contributed by atoms with Gasteiger partial charge in [0.15, 0.2) is 11.6 Å². The average molecular weight is 390 g/mol. The minimum Gasteiger partial charge on any atom is -0.453 e. The van der Waals surface area contributed by atoms with Crippen LogP contribution in [0, 0.1) is 5.82 Å². The van der Waals surface area contributed by atoms with E-state index < -0.39 is 11.9 Å². The number of rotatable bonds is 3. The summed E-state index contributed by atoms with van der Waals surface area (Å²) in [5.41, 5.74) is 0.412. The van der Waals surface area contributed by atoms with Gasteiger partial charge in [0.05, 0.1) is 10.6 Å². The number of aliphatic hydroxyl groups excluding tert-OH is 1. The van der Waals surface area contributed by atoms with E-state index in [1.165, 1.54) is 6.07 Å². The summed E-state index contributed by atoms with van der Waals surface area (Å²) >= 11 is 6.69. The van der Waals surface area contributed by atoms with E-state index in [0.29, 0.717) is 15.8 Å². The summed E-state index contributed by atoms with van der Waals surface area (Å²) in [6.07, 6.45) is -0.806. The number of para-hydroxylation sites is 1. The van der Waals surface area contributed by atoms with E-state index in [1.807, 2.05) is 0 Å². The third-order valence-electron chi connectivity index (χ3n) is 2.55. The van der Waals surface area contributed by atoms with E-state index in [2.05, 4.69) is 31.9 Å². The quantitative estimate of drug-likeness (QED) is 0.781. The van der Waals surface area contributed by atoms with Crippen LogP contribution >= 0.6 is 31.9 Å². The van der Waals surface area contributed by atoms with Crippen molar-refractivity contribution in [3.05, 3.63) is 56.7 Å². The third kappa shape index (κ3) is 3.35. The number of hydrogen-bond donors (Lipinski definition) is 1. The van der Waals surface area contributed by atoms with Crippen molar-refractivity contribution in [3.8, 4) is 11.5 Å². The minimum absolute atomic E-state index is 0.0422. The van der Waals surface area contributed by atoms with Crippen molar-refractivity contribution in [2.24, 2.45) is 0 Å². The maximum Gasteiger partial charge on any atom is 0.168 e. The molecule has 100 valence electrons. The van der Waals surface area contributed by atoms with Gasteiger partial charge in [0, 0.05) is 10.0 Å². The summed E-state index contributed by atoms with van der Waals surface area (Å²) in [6.45, 7) is 1.57. The van der Waals surface area contributed by atoms with Gasteiger partial charge in [-0.3, -0.25) is 0 Å². The third-order valence-corrected chi connectivity index (χ3v) is 3.67. The zero-order valence-corrected chi connectivity index (χ0v) is 13.2. The second kappa shape index (κ2) is 6.03. The predicted octanol–water partition coefficient (Wildman–Crippen LogP) is 5.20. The second-order valence-electron chi connectivity index (χ2n) is 4.01. The molecule has 1 atom stereocenters.